The fourth-order valence-corrected chi connectivity index (χ4v) is 3.89. The first-order valence-corrected chi connectivity index (χ1v) is 10.2. The van der Waals surface area contributed by atoms with Crippen molar-refractivity contribution in [3.05, 3.63) is 64.7 Å². The van der Waals surface area contributed by atoms with Crippen LogP contribution in [0.5, 0.6) is 0 Å². The molecule has 3 heterocycles. The molecule has 1 amide bonds. The van der Waals surface area contributed by atoms with Gasteiger partial charge < -0.3 is 9.84 Å². The van der Waals surface area contributed by atoms with E-state index in [0.29, 0.717) is 23.9 Å². The number of nitrogens with zero attached hydrogens (tertiary/aromatic N) is 3. The van der Waals surface area contributed by atoms with Crippen molar-refractivity contribution in [2.45, 2.75) is 23.7 Å². The SMILES string of the molecule is O=C1CC(c2ccccn2)NC(SCc2nc(-c3ccc(Br)cc3)no2)N1. The maximum Gasteiger partial charge on any atom is 0.237 e. The maximum absolute atomic E-state index is 12.0. The lowest BCUT2D eigenvalue weighted by atomic mass is 10.1. The van der Waals surface area contributed by atoms with Gasteiger partial charge in [0.25, 0.3) is 0 Å². The molecule has 138 valence electrons. The molecule has 0 bridgehead atoms. The van der Waals surface area contributed by atoms with Gasteiger partial charge in [-0.25, -0.2) is 0 Å². The summed E-state index contributed by atoms with van der Waals surface area (Å²) in [6.07, 6.45) is 2.09. The molecule has 0 spiro atoms. The number of benzene rings is 1. The van der Waals surface area contributed by atoms with Gasteiger partial charge in [0.2, 0.25) is 17.6 Å². The van der Waals surface area contributed by atoms with Crippen molar-refractivity contribution < 1.29 is 9.32 Å². The third kappa shape index (κ3) is 4.55. The van der Waals surface area contributed by atoms with Crippen molar-refractivity contribution in [3.8, 4) is 11.4 Å². The minimum Gasteiger partial charge on any atom is -0.338 e. The first-order chi connectivity index (χ1) is 13.2. The van der Waals surface area contributed by atoms with E-state index in [4.69, 9.17) is 4.52 Å². The Kier molecular flexibility index (Phi) is 5.51. The first kappa shape index (κ1) is 18.1. The summed E-state index contributed by atoms with van der Waals surface area (Å²) in [4.78, 5) is 20.8. The van der Waals surface area contributed by atoms with Gasteiger partial charge in [0, 0.05) is 22.7 Å². The van der Waals surface area contributed by atoms with Gasteiger partial charge in [0.1, 0.15) is 5.50 Å². The van der Waals surface area contributed by atoms with E-state index in [9.17, 15) is 4.79 Å². The summed E-state index contributed by atoms with van der Waals surface area (Å²) in [6.45, 7) is 0. The van der Waals surface area contributed by atoms with Gasteiger partial charge in [0.15, 0.2) is 0 Å². The lowest BCUT2D eigenvalue weighted by Crippen LogP contribution is -2.51. The number of rotatable bonds is 5. The lowest BCUT2D eigenvalue weighted by Gasteiger charge is -2.30. The topological polar surface area (TPSA) is 92.9 Å². The van der Waals surface area contributed by atoms with E-state index < -0.39 is 0 Å². The van der Waals surface area contributed by atoms with Gasteiger partial charge in [-0.1, -0.05) is 27.2 Å². The van der Waals surface area contributed by atoms with Crippen molar-refractivity contribution in [2.75, 3.05) is 0 Å². The highest BCUT2D eigenvalue weighted by Crippen LogP contribution is 2.25. The fourth-order valence-electron chi connectivity index (χ4n) is 2.72. The normalized spacial score (nSPS) is 19.7. The lowest BCUT2D eigenvalue weighted by molar-refractivity contribution is -0.123. The monoisotopic (exact) mass is 445 g/mol. The zero-order valence-corrected chi connectivity index (χ0v) is 16.5. The first-order valence-electron chi connectivity index (χ1n) is 8.34. The molecular weight excluding hydrogens is 430 g/mol. The molecule has 1 aromatic carbocycles. The summed E-state index contributed by atoms with van der Waals surface area (Å²) in [5.41, 5.74) is 1.49. The van der Waals surface area contributed by atoms with Crippen LogP contribution in [0.1, 0.15) is 24.0 Å². The van der Waals surface area contributed by atoms with E-state index in [0.717, 1.165) is 15.7 Å². The molecule has 1 saturated heterocycles. The predicted octanol–water partition coefficient (Wildman–Crippen LogP) is 3.26. The number of pyridine rings is 1. The Hall–Kier alpha value is -2.23. The molecule has 2 N–H and O–H groups in total. The van der Waals surface area contributed by atoms with Crippen molar-refractivity contribution >= 4 is 33.6 Å². The molecule has 9 heteroatoms. The second-order valence-corrected chi connectivity index (χ2v) is 7.96. The van der Waals surface area contributed by atoms with Crippen LogP contribution >= 0.6 is 27.7 Å². The average Bonchev–Trinajstić information content (AvgIpc) is 3.16. The maximum atomic E-state index is 12.0. The standard InChI is InChI=1S/C18H16BrN5O2S/c19-12-6-4-11(5-7-12)17-23-16(26-24-17)10-27-18-21-14(9-15(25)22-18)13-3-1-2-8-20-13/h1-8,14,18,21H,9-10H2,(H,22,25). The number of hydrogen-bond donors (Lipinski definition) is 2. The van der Waals surface area contributed by atoms with Crippen molar-refractivity contribution in [3.63, 3.8) is 0 Å². The summed E-state index contributed by atoms with van der Waals surface area (Å²) >= 11 is 4.89. The molecule has 3 aromatic rings. The number of thioether (sulfide) groups is 1. The quantitative estimate of drug-likeness (QED) is 0.622. The largest absolute Gasteiger partial charge is 0.338 e. The summed E-state index contributed by atoms with van der Waals surface area (Å²) in [5, 5.41) is 10.3. The number of amides is 1. The third-order valence-corrected chi connectivity index (χ3v) is 5.55. The minimum atomic E-state index is -0.249. The van der Waals surface area contributed by atoms with Gasteiger partial charge in [-0.05, 0) is 36.4 Å². The molecule has 0 radical (unpaired) electrons. The molecule has 1 fully saturated rings. The van der Waals surface area contributed by atoms with Crippen molar-refractivity contribution in [2.24, 2.45) is 0 Å². The van der Waals surface area contributed by atoms with E-state index in [2.05, 4.69) is 41.7 Å². The summed E-state index contributed by atoms with van der Waals surface area (Å²) in [7, 11) is 0. The zero-order chi connectivity index (χ0) is 18.6. The van der Waals surface area contributed by atoms with E-state index >= 15 is 0 Å². The van der Waals surface area contributed by atoms with Crippen LogP contribution in [0.2, 0.25) is 0 Å². The van der Waals surface area contributed by atoms with Crippen LogP contribution < -0.4 is 10.6 Å². The Morgan fingerprint density at radius 3 is 2.85 bits per heavy atom. The van der Waals surface area contributed by atoms with E-state index in [1.54, 1.807) is 6.20 Å². The molecule has 2 aromatic heterocycles. The Morgan fingerprint density at radius 2 is 2.07 bits per heavy atom. The van der Waals surface area contributed by atoms with Crippen LogP contribution in [0.4, 0.5) is 0 Å². The second kappa shape index (κ2) is 8.20. The summed E-state index contributed by atoms with van der Waals surface area (Å²) in [5.74, 6) is 1.53. The van der Waals surface area contributed by atoms with E-state index in [1.165, 1.54) is 11.8 Å². The smallest absolute Gasteiger partial charge is 0.237 e. The fraction of sp³-hybridized carbons (Fsp3) is 0.222. The number of carbonyl (C=O) groups is 1. The molecule has 0 saturated carbocycles. The van der Waals surface area contributed by atoms with E-state index in [1.807, 2.05) is 42.5 Å². The number of halogens is 1. The predicted molar refractivity (Wildman–Crippen MR) is 105 cm³/mol. The van der Waals surface area contributed by atoms with Gasteiger partial charge in [-0.3, -0.25) is 15.1 Å². The van der Waals surface area contributed by atoms with Crippen LogP contribution in [0.15, 0.2) is 57.7 Å². The zero-order valence-electron chi connectivity index (χ0n) is 14.1. The number of nitrogens with one attached hydrogen (secondary N) is 2. The Bertz CT molecular complexity index is 919. The van der Waals surface area contributed by atoms with Crippen LogP contribution in [-0.2, 0) is 10.5 Å². The molecule has 0 aliphatic carbocycles. The van der Waals surface area contributed by atoms with Crippen LogP contribution in [0, 0.1) is 0 Å². The summed E-state index contributed by atoms with van der Waals surface area (Å²) < 4.78 is 6.32. The van der Waals surface area contributed by atoms with Crippen LogP contribution in [0.25, 0.3) is 11.4 Å². The van der Waals surface area contributed by atoms with Gasteiger partial charge >= 0.3 is 0 Å². The molecule has 7 nitrogen and oxygen atoms in total. The molecule has 1 aliphatic heterocycles. The highest BCUT2D eigenvalue weighted by Gasteiger charge is 2.28. The molecule has 1 aliphatic rings. The third-order valence-electron chi connectivity index (χ3n) is 4.02. The highest BCUT2D eigenvalue weighted by atomic mass is 79.9. The van der Waals surface area contributed by atoms with E-state index in [-0.39, 0.29) is 17.4 Å². The number of carbonyl (C=O) groups excluding carboxylic acids is 1. The van der Waals surface area contributed by atoms with Crippen molar-refractivity contribution in [1.29, 1.82) is 0 Å². The van der Waals surface area contributed by atoms with Crippen LogP contribution in [-0.4, -0.2) is 26.5 Å². The number of aromatic nitrogens is 3. The summed E-state index contributed by atoms with van der Waals surface area (Å²) in [6, 6.07) is 13.3. The minimum absolute atomic E-state index is 0.0111. The molecule has 2 unspecified atom stereocenters. The Labute approximate surface area is 168 Å². The second-order valence-electron chi connectivity index (χ2n) is 5.96. The Morgan fingerprint density at radius 1 is 1.22 bits per heavy atom. The van der Waals surface area contributed by atoms with Crippen LogP contribution in [0.3, 0.4) is 0 Å². The highest BCUT2D eigenvalue weighted by molar-refractivity contribution is 9.10. The van der Waals surface area contributed by atoms with Gasteiger partial charge in [-0.2, -0.15) is 4.98 Å². The molecule has 27 heavy (non-hydrogen) atoms. The Balaban J connectivity index is 1.38. The number of hydrogen-bond acceptors (Lipinski definition) is 7. The average molecular weight is 446 g/mol. The molecular formula is C18H16BrN5O2S. The molecule has 2 atom stereocenters. The molecule has 4 rings (SSSR count). The van der Waals surface area contributed by atoms with Gasteiger partial charge in [-0.15, -0.1) is 11.8 Å². The van der Waals surface area contributed by atoms with Crippen molar-refractivity contribution in [1.82, 2.24) is 25.8 Å². The van der Waals surface area contributed by atoms with Gasteiger partial charge in [0.05, 0.1) is 17.5 Å².